The maximum absolute atomic E-state index is 12.6. The number of carbonyl (C=O) groups is 2. The zero-order valence-corrected chi connectivity index (χ0v) is 16.0. The van der Waals surface area contributed by atoms with Crippen molar-refractivity contribution < 1.29 is 18.4 Å². The number of oxazole rings is 1. The Morgan fingerprint density at radius 3 is 2.53 bits per heavy atom. The van der Waals surface area contributed by atoms with E-state index in [1.165, 1.54) is 6.26 Å². The summed E-state index contributed by atoms with van der Waals surface area (Å²) in [6.45, 7) is 1.11. The largest absolute Gasteiger partial charge is 0.459 e. The average Bonchev–Trinajstić information content (AvgIpc) is 3.44. The molecule has 2 aromatic heterocycles. The molecule has 1 aliphatic heterocycles. The lowest BCUT2D eigenvalue weighted by atomic mass is 9.95. The third-order valence-electron chi connectivity index (χ3n) is 5.04. The summed E-state index contributed by atoms with van der Waals surface area (Å²) < 4.78 is 11.1. The monoisotopic (exact) mass is 405 g/mol. The molecule has 1 fully saturated rings. The minimum atomic E-state index is -0.514. The van der Waals surface area contributed by atoms with Crippen molar-refractivity contribution in [3.05, 3.63) is 53.9 Å². The van der Waals surface area contributed by atoms with Gasteiger partial charge in [-0.3, -0.25) is 9.59 Å². The molecule has 0 saturated carbocycles. The van der Waals surface area contributed by atoms with E-state index in [0.29, 0.717) is 48.8 Å². The number of piperidine rings is 1. The molecule has 2 amide bonds. The van der Waals surface area contributed by atoms with E-state index in [1.54, 1.807) is 36.4 Å². The van der Waals surface area contributed by atoms with Crippen molar-refractivity contribution in [3.8, 4) is 17.7 Å². The molecule has 0 radical (unpaired) electrons. The molecule has 1 aromatic carbocycles. The van der Waals surface area contributed by atoms with Crippen molar-refractivity contribution in [1.82, 2.24) is 4.98 Å². The molecule has 3 N–H and O–H groups in total. The Labute approximate surface area is 172 Å². The third kappa shape index (κ3) is 3.89. The molecule has 0 atom stereocenters. The van der Waals surface area contributed by atoms with Gasteiger partial charge in [-0.25, -0.2) is 0 Å². The van der Waals surface area contributed by atoms with Gasteiger partial charge in [0.15, 0.2) is 5.76 Å². The average molecular weight is 405 g/mol. The van der Waals surface area contributed by atoms with Gasteiger partial charge in [-0.05, 0) is 49.2 Å². The van der Waals surface area contributed by atoms with Gasteiger partial charge in [-0.1, -0.05) is 0 Å². The summed E-state index contributed by atoms with van der Waals surface area (Å²) >= 11 is 0. The summed E-state index contributed by atoms with van der Waals surface area (Å²) in [5, 5.41) is 12.3. The summed E-state index contributed by atoms with van der Waals surface area (Å²) in [5.74, 6) is 0.329. The minimum Gasteiger partial charge on any atom is -0.459 e. The van der Waals surface area contributed by atoms with Crippen LogP contribution in [0, 0.1) is 17.2 Å². The van der Waals surface area contributed by atoms with Gasteiger partial charge in [0.2, 0.25) is 23.4 Å². The van der Waals surface area contributed by atoms with Crippen LogP contribution in [0.25, 0.3) is 11.7 Å². The number of nitriles is 1. The second-order valence-corrected chi connectivity index (χ2v) is 6.95. The number of nitrogens with two attached hydrogens (primary N) is 1. The van der Waals surface area contributed by atoms with Crippen LogP contribution in [0.1, 0.15) is 28.9 Å². The molecule has 0 bridgehead atoms. The number of nitrogens with zero attached hydrogens (tertiary/aromatic N) is 3. The predicted octanol–water partition coefficient (Wildman–Crippen LogP) is 2.76. The number of aromatic nitrogens is 1. The van der Waals surface area contributed by atoms with Crippen LogP contribution in [-0.2, 0) is 4.79 Å². The number of anilines is 2. The number of amides is 2. The number of furan rings is 1. The zero-order valence-electron chi connectivity index (χ0n) is 16.0. The minimum absolute atomic E-state index is 0.0872. The Bertz CT molecular complexity index is 1090. The van der Waals surface area contributed by atoms with Crippen LogP contribution in [0.3, 0.4) is 0 Å². The molecule has 9 nitrogen and oxygen atoms in total. The molecule has 30 heavy (non-hydrogen) atoms. The zero-order chi connectivity index (χ0) is 21.1. The summed E-state index contributed by atoms with van der Waals surface area (Å²) in [7, 11) is 0. The normalized spacial score (nSPS) is 14.3. The molecule has 0 aliphatic carbocycles. The Morgan fingerprint density at radius 2 is 1.93 bits per heavy atom. The van der Waals surface area contributed by atoms with Crippen LogP contribution < -0.4 is 16.0 Å². The number of carbonyl (C=O) groups excluding carboxylic acids is 2. The van der Waals surface area contributed by atoms with E-state index < -0.39 is 5.91 Å². The van der Waals surface area contributed by atoms with E-state index in [1.807, 2.05) is 4.90 Å². The Balaban J connectivity index is 1.38. The highest BCUT2D eigenvalue weighted by atomic mass is 16.4. The molecular weight excluding hydrogens is 386 g/mol. The Kier molecular flexibility index (Phi) is 5.22. The van der Waals surface area contributed by atoms with Gasteiger partial charge < -0.3 is 24.8 Å². The number of primary amides is 1. The molecule has 1 aliphatic rings. The van der Waals surface area contributed by atoms with E-state index in [-0.39, 0.29) is 23.4 Å². The SMILES string of the molecule is N#Cc1nc(-c2ccco2)oc1N1CCC(C(=O)Nc2ccc(C(N)=O)cc2)CC1. The molecule has 9 heteroatoms. The van der Waals surface area contributed by atoms with E-state index in [4.69, 9.17) is 14.6 Å². The summed E-state index contributed by atoms with van der Waals surface area (Å²) in [4.78, 5) is 29.8. The van der Waals surface area contributed by atoms with Crippen molar-refractivity contribution in [3.63, 3.8) is 0 Å². The lowest BCUT2D eigenvalue weighted by molar-refractivity contribution is -0.120. The lowest BCUT2D eigenvalue weighted by Crippen LogP contribution is -2.38. The highest BCUT2D eigenvalue weighted by molar-refractivity contribution is 5.95. The van der Waals surface area contributed by atoms with Crippen LogP contribution in [0.15, 0.2) is 51.5 Å². The van der Waals surface area contributed by atoms with Gasteiger partial charge in [-0.15, -0.1) is 0 Å². The Morgan fingerprint density at radius 1 is 1.20 bits per heavy atom. The Hall–Kier alpha value is -4.06. The molecular formula is C21H19N5O4. The van der Waals surface area contributed by atoms with Crippen molar-refractivity contribution in [2.75, 3.05) is 23.3 Å². The first-order valence-corrected chi connectivity index (χ1v) is 9.45. The molecule has 4 rings (SSSR count). The highest BCUT2D eigenvalue weighted by Gasteiger charge is 2.29. The molecule has 3 heterocycles. The van der Waals surface area contributed by atoms with Crippen LogP contribution >= 0.6 is 0 Å². The maximum Gasteiger partial charge on any atom is 0.266 e. The number of nitrogens with one attached hydrogen (secondary N) is 1. The van der Waals surface area contributed by atoms with E-state index in [9.17, 15) is 14.9 Å². The quantitative estimate of drug-likeness (QED) is 0.665. The second-order valence-electron chi connectivity index (χ2n) is 6.95. The van der Waals surface area contributed by atoms with Crippen LogP contribution in [0.2, 0.25) is 0 Å². The molecule has 0 spiro atoms. The predicted molar refractivity (Wildman–Crippen MR) is 107 cm³/mol. The fraction of sp³-hybridized carbons (Fsp3) is 0.238. The molecule has 3 aromatic rings. The summed E-state index contributed by atoms with van der Waals surface area (Å²) in [6.07, 6.45) is 2.72. The van der Waals surface area contributed by atoms with Crippen LogP contribution in [0.5, 0.6) is 0 Å². The van der Waals surface area contributed by atoms with E-state index in [0.717, 1.165) is 0 Å². The molecule has 152 valence electrons. The summed E-state index contributed by atoms with van der Waals surface area (Å²) in [6, 6.07) is 11.9. The van der Waals surface area contributed by atoms with Crippen molar-refractivity contribution in [2.24, 2.45) is 11.7 Å². The van der Waals surface area contributed by atoms with Crippen molar-refractivity contribution in [1.29, 1.82) is 5.26 Å². The van der Waals surface area contributed by atoms with Gasteiger partial charge in [0.05, 0.1) is 6.26 Å². The van der Waals surface area contributed by atoms with Gasteiger partial charge in [0.25, 0.3) is 5.89 Å². The van der Waals surface area contributed by atoms with Gasteiger partial charge >= 0.3 is 0 Å². The molecule has 1 saturated heterocycles. The number of benzene rings is 1. The first-order valence-electron chi connectivity index (χ1n) is 9.45. The van der Waals surface area contributed by atoms with Crippen LogP contribution in [-0.4, -0.2) is 29.9 Å². The number of hydrogen-bond donors (Lipinski definition) is 2. The van der Waals surface area contributed by atoms with E-state index >= 15 is 0 Å². The maximum atomic E-state index is 12.6. The van der Waals surface area contributed by atoms with Gasteiger partial charge in [-0.2, -0.15) is 10.2 Å². The fourth-order valence-electron chi connectivity index (χ4n) is 3.41. The van der Waals surface area contributed by atoms with Gasteiger partial charge in [0, 0.05) is 30.3 Å². The van der Waals surface area contributed by atoms with Crippen molar-refractivity contribution in [2.45, 2.75) is 12.8 Å². The first kappa shape index (κ1) is 19.3. The third-order valence-corrected chi connectivity index (χ3v) is 5.04. The summed E-state index contributed by atoms with van der Waals surface area (Å²) in [5.41, 5.74) is 6.41. The topological polar surface area (TPSA) is 138 Å². The van der Waals surface area contributed by atoms with E-state index in [2.05, 4.69) is 16.4 Å². The van der Waals surface area contributed by atoms with Gasteiger partial charge in [0.1, 0.15) is 6.07 Å². The second kappa shape index (κ2) is 8.13. The number of hydrogen-bond acceptors (Lipinski definition) is 7. The standard InChI is InChI=1S/C21H19N5O4/c22-12-16-21(30-20(25-16)17-2-1-11-29-17)26-9-7-14(8-10-26)19(28)24-15-5-3-13(4-6-15)18(23)27/h1-6,11,14H,7-10H2,(H2,23,27)(H,24,28). The molecule has 0 unspecified atom stereocenters. The van der Waals surface area contributed by atoms with Crippen LogP contribution in [0.4, 0.5) is 11.6 Å². The highest BCUT2D eigenvalue weighted by Crippen LogP contribution is 2.31. The fourth-order valence-corrected chi connectivity index (χ4v) is 3.41. The lowest BCUT2D eigenvalue weighted by Gasteiger charge is -2.30. The first-order chi connectivity index (χ1) is 14.5. The number of rotatable bonds is 5. The smallest absolute Gasteiger partial charge is 0.266 e. The van der Waals surface area contributed by atoms with Crippen molar-refractivity contribution >= 4 is 23.4 Å².